The van der Waals surface area contributed by atoms with Crippen LogP contribution < -0.4 is 5.32 Å². The molecule has 2 aromatic rings. The summed E-state index contributed by atoms with van der Waals surface area (Å²) in [6, 6.07) is 5.66. The summed E-state index contributed by atoms with van der Waals surface area (Å²) in [4.78, 5) is 19.2. The molecular weight excluding hydrogens is 318 g/mol. The van der Waals surface area contributed by atoms with Crippen LogP contribution in [-0.2, 0) is 4.74 Å². The van der Waals surface area contributed by atoms with Crippen LogP contribution in [-0.4, -0.2) is 54.2 Å². The molecule has 0 aliphatic carbocycles. The Hall–Kier alpha value is -1.92. The zero-order valence-electron chi connectivity index (χ0n) is 14.7. The maximum absolute atomic E-state index is 12.5. The van der Waals surface area contributed by atoms with Crippen LogP contribution in [0.2, 0.25) is 0 Å². The Morgan fingerprint density at radius 2 is 2.16 bits per heavy atom. The van der Waals surface area contributed by atoms with Gasteiger partial charge in [-0.15, -0.1) is 0 Å². The fourth-order valence-corrected chi connectivity index (χ4v) is 3.79. The number of likely N-dealkylation sites (tertiary alicyclic amines) is 1. The number of aromatic nitrogens is 1. The van der Waals surface area contributed by atoms with Crippen LogP contribution in [0, 0.1) is 6.92 Å². The number of nitrogens with zero attached hydrogens (tertiary/aromatic N) is 2. The molecule has 1 atom stereocenters. The number of oxazole rings is 1. The summed E-state index contributed by atoms with van der Waals surface area (Å²) in [6.45, 7) is 5.79. The molecule has 2 saturated heterocycles. The molecule has 0 spiro atoms. The van der Waals surface area contributed by atoms with Gasteiger partial charge in [0, 0.05) is 44.8 Å². The van der Waals surface area contributed by atoms with E-state index < -0.39 is 0 Å². The van der Waals surface area contributed by atoms with Crippen molar-refractivity contribution >= 4 is 17.0 Å². The molecule has 1 amide bonds. The fraction of sp³-hybridized carbons (Fsp3) is 0.579. The first kappa shape index (κ1) is 16.5. The van der Waals surface area contributed by atoms with E-state index in [0.717, 1.165) is 44.6 Å². The van der Waals surface area contributed by atoms with Gasteiger partial charge in [-0.1, -0.05) is 0 Å². The molecule has 134 valence electrons. The lowest BCUT2D eigenvalue weighted by Gasteiger charge is -2.33. The number of carbonyl (C=O) groups excluding carboxylic acids is 1. The molecule has 6 heteroatoms. The van der Waals surface area contributed by atoms with Gasteiger partial charge in [-0.2, -0.15) is 0 Å². The van der Waals surface area contributed by atoms with Crippen molar-refractivity contribution in [2.24, 2.45) is 0 Å². The van der Waals surface area contributed by atoms with Crippen molar-refractivity contribution in [3.05, 3.63) is 29.7 Å². The summed E-state index contributed by atoms with van der Waals surface area (Å²) in [6.07, 6.45) is 4.75. The topological polar surface area (TPSA) is 67.6 Å². The van der Waals surface area contributed by atoms with Crippen molar-refractivity contribution in [1.29, 1.82) is 0 Å². The number of carbonyl (C=O) groups is 1. The van der Waals surface area contributed by atoms with E-state index in [-0.39, 0.29) is 11.9 Å². The van der Waals surface area contributed by atoms with Crippen molar-refractivity contribution < 1.29 is 13.9 Å². The highest BCUT2D eigenvalue weighted by molar-refractivity contribution is 5.97. The number of amides is 1. The molecule has 2 fully saturated rings. The van der Waals surface area contributed by atoms with Crippen LogP contribution in [0.5, 0.6) is 0 Å². The van der Waals surface area contributed by atoms with Gasteiger partial charge in [0.2, 0.25) is 0 Å². The van der Waals surface area contributed by atoms with E-state index in [1.54, 1.807) is 6.07 Å². The number of aryl methyl sites for hydroxylation is 1. The lowest BCUT2D eigenvalue weighted by Crippen LogP contribution is -2.46. The fourth-order valence-electron chi connectivity index (χ4n) is 3.79. The van der Waals surface area contributed by atoms with Gasteiger partial charge < -0.3 is 19.4 Å². The number of benzene rings is 1. The number of fused-ring (bicyclic) bond motifs is 1. The maximum Gasteiger partial charge on any atom is 0.251 e. The average molecular weight is 343 g/mol. The third kappa shape index (κ3) is 3.85. The second-order valence-electron chi connectivity index (χ2n) is 7.10. The molecule has 1 N–H and O–H groups in total. The number of hydrogen-bond acceptors (Lipinski definition) is 5. The van der Waals surface area contributed by atoms with Crippen molar-refractivity contribution in [3.8, 4) is 0 Å². The van der Waals surface area contributed by atoms with Crippen LogP contribution in [0.15, 0.2) is 22.6 Å². The molecule has 1 unspecified atom stereocenters. The zero-order valence-corrected chi connectivity index (χ0v) is 14.7. The number of nitrogens with one attached hydrogen (secondary N) is 1. The number of rotatable bonds is 4. The first-order chi connectivity index (χ1) is 12.2. The van der Waals surface area contributed by atoms with Gasteiger partial charge in [0.15, 0.2) is 11.5 Å². The summed E-state index contributed by atoms with van der Waals surface area (Å²) in [5.74, 6) is 0.583. The molecule has 2 aliphatic rings. The van der Waals surface area contributed by atoms with Gasteiger partial charge in [0.1, 0.15) is 5.52 Å². The number of ether oxygens (including phenoxy) is 1. The van der Waals surface area contributed by atoms with Gasteiger partial charge in [-0.05, 0) is 43.9 Å². The Kier molecular flexibility index (Phi) is 4.72. The Balaban J connectivity index is 1.30. The number of hydrogen-bond donors (Lipinski definition) is 1. The first-order valence-electron chi connectivity index (χ1n) is 9.19. The second-order valence-corrected chi connectivity index (χ2v) is 7.10. The van der Waals surface area contributed by atoms with Crippen molar-refractivity contribution in [1.82, 2.24) is 15.2 Å². The summed E-state index contributed by atoms with van der Waals surface area (Å²) >= 11 is 0. The Labute approximate surface area is 147 Å². The van der Waals surface area contributed by atoms with E-state index in [2.05, 4.69) is 15.2 Å². The second kappa shape index (κ2) is 7.14. The van der Waals surface area contributed by atoms with E-state index >= 15 is 0 Å². The molecule has 3 heterocycles. The van der Waals surface area contributed by atoms with Crippen LogP contribution in [0.3, 0.4) is 0 Å². The maximum atomic E-state index is 12.5. The van der Waals surface area contributed by atoms with Gasteiger partial charge in [0.25, 0.3) is 5.91 Å². The largest absolute Gasteiger partial charge is 0.441 e. The highest BCUT2D eigenvalue weighted by atomic mass is 16.5. The van der Waals surface area contributed by atoms with Gasteiger partial charge in [-0.25, -0.2) is 4.98 Å². The third-order valence-corrected chi connectivity index (χ3v) is 5.17. The minimum atomic E-state index is -0.0338. The number of piperidine rings is 1. The van der Waals surface area contributed by atoms with Crippen LogP contribution in [0.25, 0.3) is 11.1 Å². The van der Waals surface area contributed by atoms with Crippen LogP contribution >= 0.6 is 0 Å². The zero-order chi connectivity index (χ0) is 17.2. The molecule has 2 aliphatic heterocycles. The lowest BCUT2D eigenvalue weighted by molar-refractivity contribution is 0.0613. The summed E-state index contributed by atoms with van der Waals surface area (Å²) in [7, 11) is 0. The molecule has 6 nitrogen and oxygen atoms in total. The van der Waals surface area contributed by atoms with E-state index in [1.807, 2.05) is 19.1 Å². The van der Waals surface area contributed by atoms with E-state index in [1.165, 1.54) is 12.8 Å². The summed E-state index contributed by atoms with van der Waals surface area (Å²) in [5.41, 5.74) is 2.08. The molecule has 0 bridgehead atoms. The van der Waals surface area contributed by atoms with E-state index in [0.29, 0.717) is 23.1 Å². The van der Waals surface area contributed by atoms with E-state index in [9.17, 15) is 4.79 Å². The predicted octanol–water partition coefficient (Wildman–Crippen LogP) is 2.51. The van der Waals surface area contributed by atoms with Crippen molar-refractivity contribution in [3.63, 3.8) is 0 Å². The highest BCUT2D eigenvalue weighted by Gasteiger charge is 2.25. The normalized spacial score (nSPS) is 22.5. The van der Waals surface area contributed by atoms with E-state index in [4.69, 9.17) is 9.15 Å². The Morgan fingerprint density at radius 1 is 1.32 bits per heavy atom. The predicted molar refractivity (Wildman–Crippen MR) is 94.6 cm³/mol. The van der Waals surface area contributed by atoms with Crippen molar-refractivity contribution in [2.75, 3.05) is 26.2 Å². The summed E-state index contributed by atoms with van der Waals surface area (Å²) < 4.78 is 11.2. The smallest absolute Gasteiger partial charge is 0.251 e. The standard InChI is InChI=1S/C19H25N3O3/c1-13-20-17-5-4-14(11-18(17)25-13)19(23)21-15-6-8-22(9-7-15)12-16-3-2-10-24-16/h4-5,11,15-16H,2-3,6-10,12H2,1H3,(H,21,23). The molecular formula is C19H25N3O3. The molecule has 25 heavy (non-hydrogen) atoms. The molecule has 1 aromatic carbocycles. The van der Waals surface area contributed by atoms with Gasteiger partial charge in [0.05, 0.1) is 6.10 Å². The van der Waals surface area contributed by atoms with Crippen molar-refractivity contribution in [2.45, 2.75) is 44.8 Å². The highest BCUT2D eigenvalue weighted by Crippen LogP contribution is 2.19. The monoisotopic (exact) mass is 343 g/mol. The molecule has 1 aromatic heterocycles. The minimum absolute atomic E-state index is 0.0338. The molecule has 4 rings (SSSR count). The van der Waals surface area contributed by atoms with Crippen LogP contribution in [0.1, 0.15) is 41.9 Å². The Morgan fingerprint density at radius 3 is 2.92 bits per heavy atom. The van der Waals surface area contributed by atoms with Gasteiger partial charge in [-0.3, -0.25) is 4.79 Å². The lowest BCUT2D eigenvalue weighted by atomic mass is 10.0. The minimum Gasteiger partial charge on any atom is -0.441 e. The average Bonchev–Trinajstić information content (AvgIpc) is 3.24. The molecule has 0 radical (unpaired) electrons. The quantitative estimate of drug-likeness (QED) is 0.924. The Bertz CT molecular complexity index is 743. The van der Waals surface area contributed by atoms with Crippen LogP contribution in [0.4, 0.5) is 0 Å². The van der Waals surface area contributed by atoms with Gasteiger partial charge >= 0.3 is 0 Å². The first-order valence-corrected chi connectivity index (χ1v) is 9.19. The third-order valence-electron chi connectivity index (χ3n) is 5.17. The SMILES string of the molecule is Cc1nc2ccc(C(=O)NC3CCN(CC4CCCO4)CC3)cc2o1. The summed E-state index contributed by atoms with van der Waals surface area (Å²) in [5, 5.41) is 3.16. The molecule has 0 saturated carbocycles.